The van der Waals surface area contributed by atoms with Gasteiger partial charge in [0.2, 0.25) is 11.0 Å². The van der Waals surface area contributed by atoms with Gasteiger partial charge in [-0.15, -0.1) is 0 Å². The largest absolute Gasteiger partial charge is 0.345 e. The SMILES string of the molecule is CCC(C)C(N)C(=O)N1CCCN(c2nc(C)ns2)CC1. The predicted octanol–water partition coefficient (Wildman–Crippen LogP) is 1.26. The number of carbonyl (C=O) groups excluding carboxylic acids is 1. The zero-order valence-corrected chi connectivity index (χ0v) is 13.9. The number of aromatic nitrogens is 2. The number of hydrogen-bond acceptors (Lipinski definition) is 6. The molecular weight excluding hydrogens is 286 g/mol. The maximum atomic E-state index is 12.5. The number of nitrogens with two attached hydrogens (primary N) is 1. The highest BCUT2D eigenvalue weighted by atomic mass is 32.1. The lowest BCUT2D eigenvalue weighted by Crippen LogP contribution is -2.48. The van der Waals surface area contributed by atoms with Crippen LogP contribution >= 0.6 is 11.5 Å². The van der Waals surface area contributed by atoms with E-state index in [1.54, 1.807) is 0 Å². The molecule has 2 unspecified atom stereocenters. The van der Waals surface area contributed by atoms with Crippen LogP contribution < -0.4 is 10.6 Å². The van der Waals surface area contributed by atoms with E-state index in [0.29, 0.717) is 6.54 Å². The molecule has 1 fully saturated rings. The van der Waals surface area contributed by atoms with E-state index in [4.69, 9.17) is 5.73 Å². The molecule has 118 valence electrons. The molecule has 21 heavy (non-hydrogen) atoms. The highest BCUT2D eigenvalue weighted by Gasteiger charge is 2.27. The maximum Gasteiger partial charge on any atom is 0.239 e. The molecule has 2 heterocycles. The van der Waals surface area contributed by atoms with Crippen molar-refractivity contribution in [3.05, 3.63) is 5.82 Å². The second-order valence-corrected chi connectivity index (χ2v) is 6.43. The van der Waals surface area contributed by atoms with Crippen molar-refractivity contribution in [1.29, 1.82) is 0 Å². The van der Waals surface area contributed by atoms with Crippen LogP contribution in [0.3, 0.4) is 0 Å². The third-order valence-electron chi connectivity index (χ3n) is 4.14. The molecule has 0 radical (unpaired) electrons. The van der Waals surface area contributed by atoms with Crippen molar-refractivity contribution < 1.29 is 4.79 Å². The monoisotopic (exact) mass is 311 g/mol. The van der Waals surface area contributed by atoms with Gasteiger partial charge < -0.3 is 15.5 Å². The molecule has 1 saturated heterocycles. The summed E-state index contributed by atoms with van der Waals surface area (Å²) in [5.74, 6) is 1.12. The van der Waals surface area contributed by atoms with Crippen molar-refractivity contribution in [1.82, 2.24) is 14.3 Å². The van der Waals surface area contributed by atoms with Crippen LogP contribution in [0.15, 0.2) is 0 Å². The molecule has 0 saturated carbocycles. The number of aryl methyl sites for hydroxylation is 1. The smallest absolute Gasteiger partial charge is 0.239 e. The van der Waals surface area contributed by atoms with Crippen LogP contribution in [0.2, 0.25) is 0 Å². The van der Waals surface area contributed by atoms with Gasteiger partial charge in [-0.05, 0) is 19.3 Å². The van der Waals surface area contributed by atoms with Crippen molar-refractivity contribution in [2.24, 2.45) is 11.7 Å². The Hall–Kier alpha value is -1.21. The molecule has 7 heteroatoms. The van der Waals surface area contributed by atoms with Crippen LogP contribution in [0, 0.1) is 12.8 Å². The van der Waals surface area contributed by atoms with Crippen molar-refractivity contribution in [2.45, 2.75) is 39.7 Å². The van der Waals surface area contributed by atoms with Crippen LogP contribution in [0.25, 0.3) is 0 Å². The number of hydrogen-bond donors (Lipinski definition) is 1. The highest BCUT2D eigenvalue weighted by Crippen LogP contribution is 2.19. The lowest BCUT2D eigenvalue weighted by molar-refractivity contribution is -0.133. The van der Waals surface area contributed by atoms with Crippen molar-refractivity contribution in [2.75, 3.05) is 31.1 Å². The van der Waals surface area contributed by atoms with E-state index in [9.17, 15) is 4.79 Å². The zero-order valence-electron chi connectivity index (χ0n) is 13.1. The fraction of sp³-hybridized carbons (Fsp3) is 0.786. The van der Waals surface area contributed by atoms with E-state index in [-0.39, 0.29) is 17.9 Å². The van der Waals surface area contributed by atoms with Gasteiger partial charge >= 0.3 is 0 Å². The zero-order chi connectivity index (χ0) is 15.4. The lowest BCUT2D eigenvalue weighted by Gasteiger charge is -2.27. The van der Waals surface area contributed by atoms with Gasteiger partial charge in [-0.3, -0.25) is 4.79 Å². The fourth-order valence-corrected chi connectivity index (χ4v) is 3.18. The molecular formula is C14H25N5OS. The average Bonchev–Trinajstić information content (AvgIpc) is 2.77. The molecule has 6 nitrogen and oxygen atoms in total. The van der Waals surface area contributed by atoms with Crippen LogP contribution in [0.1, 0.15) is 32.5 Å². The summed E-state index contributed by atoms with van der Waals surface area (Å²) < 4.78 is 4.23. The molecule has 0 aliphatic carbocycles. The van der Waals surface area contributed by atoms with Gasteiger partial charge in [0, 0.05) is 37.7 Å². The summed E-state index contributed by atoms with van der Waals surface area (Å²) in [7, 11) is 0. The first-order valence-corrected chi connectivity index (χ1v) is 8.40. The molecule has 2 N–H and O–H groups in total. The van der Waals surface area contributed by atoms with E-state index >= 15 is 0 Å². The standard InChI is InChI=1S/C14H25N5OS/c1-4-10(2)12(15)13(20)18-6-5-7-19(9-8-18)14-16-11(3)17-21-14/h10,12H,4-9,15H2,1-3H3. The molecule has 1 aliphatic heterocycles. The van der Waals surface area contributed by atoms with Crippen LogP contribution in [-0.4, -0.2) is 52.4 Å². The minimum atomic E-state index is -0.384. The summed E-state index contributed by atoms with van der Waals surface area (Å²) >= 11 is 1.43. The molecule has 1 aromatic rings. The molecule has 1 aromatic heterocycles. The Bertz CT molecular complexity index is 478. The second-order valence-electron chi connectivity index (χ2n) is 5.70. The van der Waals surface area contributed by atoms with Crippen molar-refractivity contribution >= 4 is 22.6 Å². The van der Waals surface area contributed by atoms with E-state index in [0.717, 1.165) is 43.4 Å². The molecule has 2 atom stereocenters. The first-order chi connectivity index (χ1) is 10.0. The van der Waals surface area contributed by atoms with Gasteiger partial charge in [0.1, 0.15) is 5.82 Å². The van der Waals surface area contributed by atoms with Gasteiger partial charge in [-0.1, -0.05) is 20.3 Å². The number of anilines is 1. The van der Waals surface area contributed by atoms with Gasteiger partial charge in [0.05, 0.1) is 6.04 Å². The van der Waals surface area contributed by atoms with E-state index < -0.39 is 0 Å². The summed E-state index contributed by atoms with van der Waals surface area (Å²) in [6.45, 7) is 9.21. The Morgan fingerprint density at radius 1 is 1.38 bits per heavy atom. The Balaban J connectivity index is 1.96. The normalized spacial score (nSPS) is 19.2. The number of nitrogens with zero attached hydrogens (tertiary/aromatic N) is 4. The van der Waals surface area contributed by atoms with Gasteiger partial charge in [-0.2, -0.15) is 4.37 Å². The fourth-order valence-electron chi connectivity index (χ4n) is 2.45. The molecule has 0 aromatic carbocycles. The maximum absolute atomic E-state index is 12.5. The summed E-state index contributed by atoms with van der Waals surface area (Å²) in [4.78, 5) is 21.0. The van der Waals surface area contributed by atoms with E-state index in [1.807, 2.05) is 18.7 Å². The number of amides is 1. The third-order valence-corrected chi connectivity index (χ3v) is 5.01. The van der Waals surface area contributed by atoms with E-state index in [2.05, 4.69) is 21.2 Å². The quantitative estimate of drug-likeness (QED) is 0.906. The van der Waals surface area contributed by atoms with Crippen LogP contribution in [0.4, 0.5) is 5.13 Å². The molecule has 0 bridgehead atoms. The Morgan fingerprint density at radius 2 is 2.14 bits per heavy atom. The lowest BCUT2D eigenvalue weighted by atomic mass is 9.99. The average molecular weight is 311 g/mol. The molecule has 0 spiro atoms. The molecule has 2 rings (SSSR count). The van der Waals surface area contributed by atoms with Crippen molar-refractivity contribution in [3.8, 4) is 0 Å². The van der Waals surface area contributed by atoms with Crippen LogP contribution in [0.5, 0.6) is 0 Å². The van der Waals surface area contributed by atoms with E-state index in [1.165, 1.54) is 11.5 Å². The minimum Gasteiger partial charge on any atom is -0.345 e. The number of carbonyl (C=O) groups is 1. The summed E-state index contributed by atoms with van der Waals surface area (Å²) in [6, 6.07) is -0.384. The van der Waals surface area contributed by atoms with Gasteiger partial charge in [0.15, 0.2) is 0 Å². The topological polar surface area (TPSA) is 75.4 Å². The first-order valence-electron chi connectivity index (χ1n) is 7.62. The van der Waals surface area contributed by atoms with Crippen molar-refractivity contribution in [3.63, 3.8) is 0 Å². The third kappa shape index (κ3) is 3.91. The second kappa shape index (κ2) is 7.17. The highest BCUT2D eigenvalue weighted by molar-refractivity contribution is 7.09. The minimum absolute atomic E-state index is 0.0830. The molecule has 1 amide bonds. The molecule has 1 aliphatic rings. The summed E-state index contributed by atoms with van der Waals surface area (Å²) in [6.07, 6.45) is 1.87. The Labute approximate surface area is 130 Å². The van der Waals surface area contributed by atoms with Gasteiger partial charge in [0.25, 0.3) is 0 Å². The Morgan fingerprint density at radius 3 is 2.76 bits per heavy atom. The summed E-state index contributed by atoms with van der Waals surface area (Å²) in [5, 5.41) is 0.952. The summed E-state index contributed by atoms with van der Waals surface area (Å²) in [5.41, 5.74) is 6.08. The first kappa shape index (κ1) is 16.2. The Kier molecular flexibility index (Phi) is 5.52. The number of rotatable bonds is 4. The predicted molar refractivity (Wildman–Crippen MR) is 85.5 cm³/mol. The van der Waals surface area contributed by atoms with Gasteiger partial charge in [-0.25, -0.2) is 4.98 Å². The van der Waals surface area contributed by atoms with Crippen LogP contribution in [-0.2, 0) is 4.79 Å².